The summed E-state index contributed by atoms with van der Waals surface area (Å²) in [5.41, 5.74) is 7.67. The van der Waals surface area contributed by atoms with Gasteiger partial charge in [0.25, 0.3) is 5.91 Å². The van der Waals surface area contributed by atoms with Crippen LogP contribution in [0.3, 0.4) is 0 Å². The van der Waals surface area contributed by atoms with Crippen molar-refractivity contribution in [1.82, 2.24) is 0 Å². The fraction of sp³-hybridized carbons (Fsp3) is 0.250. The Kier molecular flexibility index (Phi) is 1.18. The zero-order valence-corrected chi connectivity index (χ0v) is 6.00. The molecule has 0 bridgehead atoms. The maximum Gasteiger partial charge on any atom is 0.250 e. The van der Waals surface area contributed by atoms with Crippen molar-refractivity contribution < 1.29 is 4.79 Å². The van der Waals surface area contributed by atoms with Crippen molar-refractivity contribution >= 4 is 11.6 Å². The molecule has 0 aromatic carbocycles. The zero-order chi connectivity index (χ0) is 7.84. The molecule has 1 aliphatic carbocycles. The molecule has 2 aliphatic rings. The van der Waals surface area contributed by atoms with Gasteiger partial charge in [-0.05, 0) is 12.8 Å². The number of fused-ring (bicyclic) bond motifs is 1. The van der Waals surface area contributed by atoms with Gasteiger partial charge >= 0.3 is 0 Å². The molecule has 1 heterocycles. The molecule has 2 N–H and O–H groups in total. The first-order chi connectivity index (χ1) is 5.29. The van der Waals surface area contributed by atoms with Gasteiger partial charge in [0, 0.05) is 17.5 Å². The van der Waals surface area contributed by atoms with Gasteiger partial charge in [0.05, 0.1) is 5.57 Å². The molecule has 0 atom stereocenters. The summed E-state index contributed by atoms with van der Waals surface area (Å²) < 4.78 is 0. The van der Waals surface area contributed by atoms with Crippen LogP contribution in [0.4, 0.5) is 0 Å². The van der Waals surface area contributed by atoms with Crippen LogP contribution in [0, 0.1) is 0 Å². The first-order valence-electron chi connectivity index (χ1n) is 3.56. The number of aliphatic imine (C=N–C) groups is 1. The summed E-state index contributed by atoms with van der Waals surface area (Å²) in [6.07, 6.45) is 5.51. The summed E-state index contributed by atoms with van der Waals surface area (Å²) in [5.74, 6) is -0.378. The average molecular weight is 148 g/mol. The maximum atomic E-state index is 10.8. The molecule has 0 unspecified atom stereocenters. The van der Waals surface area contributed by atoms with Crippen molar-refractivity contribution in [2.75, 3.05) is 0 Å². The third-order valence-corrected chi connectivity index (χ3v) is 1.95. The smallest absolute Gasteiger partial charge is 0.250 e. The van der Waals surface area contributed by atoms with Gasteiger partial charge in [0.1, 0.15) is 0 Å². The molecule has 3 nitrogen and oxygen atoms in total. The summed E-state index contributed by atoms with van der Waals surface area (Å²) in [6.45, 7) is 0. The number of amides is 1. The van der Waals surface area contributed by atoms with Crippen molar-refractivity contribution in [2.24, 2.45) is 10.7 Å². The maximum absolute atomic E-state index is 10.8. The van der Waals surface area contributed by atoms with Crippen LogP contribution in [0.5, 0.6) is 0 Å². The third kappa shape index (κ3) is 0.808. The predicted molar refractivity (Wildman–Crippen MR) is 42.0 cm³/mol. The number of hydrogen-bond acceptors (Lipinski definition) is 2. The summed E-state index contributed by atoms with van der Waals surface area (Å²) in [6, 6.07) is 0. The minimum atomic E-state index is -0.378. The van der Waals surface area contributed by atoms with Crippen LogP contribution in [0.15, 0.2) is 28.4 Å². The Morgan fingerprint density at radius 1 is 1.64 bits per heavy atom. The lowest BCUT2D eigenvalue weighted by atomic mass is 10.1. The highest BCUT2D eigenvalue weighted by Gasteiger charge is 2.23. The summed E-state index contributed by atoms with van der Waals surface area (Å²) in [7, 11) is 0. The van der Waals surface area contributed by atoms with Crippen LogP contribution in [-0.2, 0) is 4.79 Å². The molecular weight excluding hydrogens is 140 g/mol. The van der Waals surface area contributed by atoms with Crippen molar-refractivity contribution in [2.45, 2.75) is 12.8 Å². The van der Waals surface area contributed by atoms with E-state index in [2.05, 4.69) is 4.99 Å². The van der Waals surface area contributed by atoms with E-state index < -0.39 is 0 Å². The van der Waals surface area contributed by atoms with Gasteiger partial charge in [-0.15, -0.1) is 0 Å². The third-order valence-electron chi connectivity index (χ3n) is 1.95. The lowest BCUT2D eigenvalue weighted by Gasteiger charge is -1.96. The van der Waals surface area contributed by atoms with Crippen molar-refractivity contribution in [3.63, 3.8) is 0 Å². The van der Waals surface area contributed by atoms with E-state index in [1.54, 1.807) is 6.20 Å². The number of carbonyl (C=O) groups excluding carboxylic acids is 1. The minimum Gasteiger partial charge on any atom is -0.366 e. The highest BCUT2D eigenvalue weighted by atomic mass is 16.1. The molecule has 11 heavy (non-hydrogen) atoms. The van der Waals surface area contributed by atoms with Gasteiger partial charge in [0.15, 0.2) is 0 Å². The van der Waals surface area contributed by atoms with Gasteiger partial charge in [0.2, 0.25) is 0 Å². The Hall–Kier alpha value is -1.38. The number of hydrogen-bond donors (Lipinski definition) is 1. The fourth-order valence-corrected chi connectivity index (χ4v) is 1.41. The molecule has 0 saturated heterocycles. The van der Waals surface area contributed by atoms with Crippen molar-refractivity contribution in [3.05, 3.63) is 23.4 Å². The van der Waals surface area contributed by atoms with Crippen LogP contribution in [0.25, 0.3) is 0 Å². The van der Waals surface area contributed by atoms with Crippen LogP contribution in [-0.4, -0.2) is 11.6 Å². The highest BCUT2D eigenvalue weighted by molar-refractivity contribution is 6.17. The molecule has 0 saturated carbocycles. The van der Waals surface area contributed by atoms with Crippen LogP contribution in [0.1, 0.15) is 12.8 Å². The van der Waals surface area contributed by atoms with Gasteiger partial charge < -0.3 is 5.73 Å². The van der Waals surface area contributed by atoms with E-state index in [9.17, 15) is 4.79 Å². The van der Waals surface area contributed by atoms with Crippen LogP contribution < -0.4 is 5.73 Å². The number of allylic oxidation sites excluding steroid dienone is 1. The second-order valence-electron chi connectivity index (χ2n) is 2.64. The normalized spacial score (nSPS) is 20.5. The molecule has 0 radical (unpaired) electrons. The minimum absolute atomic E-state index is 0.378. The first kappa shape index (κ1) is 6.34. The molecule has 56 valence electrons. The quantitative estimate of drug-likeness (QED) is 0.579. The van der Waals surface area contributed by atoms with E-state index in [0.29, 0.717) is 5.57 Å². The summed E-state index contributed by atoms with van der Waals surface area (Å²) >= 11 is 0. The molecule has 0 fully saturated rings. The number of nitrogens with zero attached hydrogens (tertiary/aromatic N) is 1. The lowest BCUT2D eigenvalue weighted by Crippen LogP contribution is -2.15. The lowest BCUT2D eigenvalue weighted by molar-refractivity contribution is -0.114. The molecule has 2 rings (SSSR count). The topological polar surface area (TPSA) is 55.5 Å². The second kappa shape index (κ2) is 2.05. The van der Waals surface area contributed by atoms with Crippen LogP contribution >= 0.6 is 0 Å². The molecule has 1 aliphatic heterocycles. The van der Waals surface area contributed by atoms with E-state index in [1.165, 1.54) is 0 Å². The Labute approximate surface area is 64.3 Å². The second-order valence-corrected chi connectivity index (χ2v) is 2.64. The molecule has 1 amide bonds. The van der Waals surface area contributed by atoms with Gasteiger partial charge in [-0.2, -0.15) is 0 Å². The highest BCUT2D eigenvalue weighted by Crippen LogP contribution is 2.27. The van der Waals surface area contributed by atoms with Crippen molar-refractivity contribution in [3.8, 4) is 0 Å². The van der Waals surface area contributed by atoms with E-state index in [1.807, 2.05) is 6.08 Å². The zero-order valence-electron chi connectivity index (χ0n) is 6.00. The van der Waals surface area contributed by atoms with E-state index in [-0.39, 0.29) is 5.91 Å². The van der Waals surface area contributed by atoms with E-state index >= 15 is 0 Å². The van der Waals surface area contributed by atoms with Crippen LogP contribution in [0.2, 0.25) is 0 Å². The first-order valence-corrected chi connectivity index (χ1v) is 3.56. The predicted octanol–water partition coefficient (Wildman–Crippen LogP) is 0.530. The SMILES string of the molecule is NC(=O)C1=CN=C2CCC=C12. The molecule has 0 spiro atoms. The number of nitrogens with two attached hydrogens (primary N) is 1. The average Bonchev–Trinajstić information content (AvgIpc) is 2.41. The molecule has 0 aromatic rings. The standard InChI is InChI=1S/C8H8N2O/c9-8(11)6-4-10-7-3-1-2-5(6)7/h2,4H,1,3H2,(H2,9,11). The van der Waals surface area contributed by atoms with E-state index in [4.69, 9.17) is 5.73 Å². The Morgan fingerprint density at radius 3 is 3.18 bits per heavy atom. The van der Waals surface area contributed by atoms with E-state index in [0.717, 1.165) is 24.1 Å². The van der Waals surface area contributed by atoms with Gasteiger partial charge in [-0.25, -0.2) is 0 Å². The summed E-state index contributed by atoms with van der Waals surface area (Å²) in [5, 5.41) is 0. The molecular formula is C8H8N2O. The van der Waals surface area contributed by atoms with Gasteiger partial charge in [-0.3, -0.25) is 9.79 Å². The fourth-order valence-electron chi connectivity index (χ4n) is 1.41. The molecule has 0 aromatic heterocycles. The number of rotatable bonds is 1. The van der Waals surface area contributed by atoms with Crippen molar-refractivity contribution in [1.29, 1.82) is 0 Å². The molecule has 3 heteroatoms. The largest absolute Gasteiger partial charge is 0.366 e. The Bertz CT molecular complexity index is 310. The Morgan fingerprint density at radius 2 is 2.45 bits per heavy atom. The Balaban J connectivity index is 2.38. The number of carbonyl (C=O) groups is 1. The summed E-state index contributed by atoms with van der Waals surface area (Å²) in [4.78, 5) is 14.9. The monoisotopic (exact) mass is 148 g/mol. The number of primary amides is 1. The van der Waals surface area contributed by atoms with Gasteiger partial charge in [-0.1, -0.05) is 6.08 Å².